The zero-order valence-corrected chi connectivity index (χ0v) is 14.0. The average Bonchev–Trinajstić information content (AvgIpc) is 2.89. The standard InChI is InChI=1S/C11H10BrNO4S3/c12-6-8-1-3-9(4-2-8)19(14,15)10-5-11(18-7-10)20(13,16)17/h1-5,7H,6H2,(H2,13,16,17). The molecule has 2 rings (SSSR count). The van der Waals surface area contributed by atoms with Crippen LogP contribution in [0.2, 0.25) is 0 Å². The third-order valence-corrected chi connectivity index (χ3v) is 7.46. The van der Waals surface area contributed by atoms with Gasteiger partial charge in [0.25, 0.3) is 0 Å². The van der Waals surface area contributed by atoms with Gasteiger partial charge >= 0.3 is 0 Å². The summed E-state index contributed by atoms with van der Waals surface area (Å²) in [6.45, 7) is 0. The van der Waals surface area contributed by atoms with Crippen LogP contribution in [0.1, 0.15) is 5.56 Å². The van der Waals surface area contributed by atoms with Crippen LogP contribution in [0.15, 0.2) is 49.7 Å². The molecule has 1 aromatic heterocycles. The second kappa shape index (κ2) is 5.57. The topological polar surface area (TPSA) is 94.3 Å². The number of sulfonamides is 1. The SMILES string of the molecule is NS(=O)(=O)c1cc(S(=O)(=O)c2ccc(CBr)cc2)cs1. The Morgan fingerprint density at radius 1 is 1.05 bits per heavy atom. The molecule has 2 aromatic rings. The van der Waals surface area contributed by atoms with Crippen molar-refractivity contribution in [1.82, 2.24) is 0 Å². The van der Waals surface area contributed by atoms with Crippen LogP contribution in [-0.4, -0.2) is 16.8 Å². The molecule has 9 heteroatoms. The number of halogens is 1. The molecular weight excluding hydrogens is 386 g/mol. The lowest BCUT2D eigenvalue weighted by molar-refractivity contribution is 0.596. The maximum atomic E-state index is 12.3. The molecule has 1 aromatic carbocycles. The van der Waals surface area contributed by atoms with Crippen LogP contribution in [0, 0.1) is 0 Å². The maximum absolute atomic E-state index is 12.3. The molecule has 20 heavy (non-hydrogen) atoms. The van der Waals surface area contributed by atoms with E-state index in [1.54, 1.807) is 12.1 Å². The predicted molar refractivity (Wildman–Crippen MR) is 80.2 cm³/mol. The van der Waals surface area contributed by atoms with Gasteiger partial charge in [0.15, 0.2) is 0 Å². The Morgan fingerprint density at radius 2 is 1.65 bits per heavy atom. The van der Waals surface area contributed by atoms with Crippen LogP contribution in [-0.2, 0) is 25.2 Å². The second-order valence-electron chi connectivity index (χ2n) is 3.93. The predicted octanol–water partition coefficient (Wildman–Crippen LogP) is 2.12. The lowest BCUT2D eigenvalue weighted by Crippen LogP contribution is -2.10. The molecule has 0 bridgehead atoms. The maximum Gasteiger partial charge on any atom is 0.247 e. The minimum absolute atomic E-state index is 0.0712. The number of thiophene rings is 1. The smallest absolute Gasteiger partial charge is 0.224 e. The van der Waals surface area contributed by atoms with Gasteiger partial charge in [0.1, 0.15) is 4.21 Å². The minimum Gasteiger partial charge on any atom is -0.224 e. The summed E-state index contributed by atoms with van der Waals surface area (Å²) in [7, 11) is -7.62. The van der Waals surface area contributed by atoms with Gasteiger partial charge in [-0.2, -0.15) is 0 Å². The van der Waals surface area contributed by atoms with Crippen molar-refractivity contribution < 1.29 is 16.8 Å². The Morgan fingerprint density at radius 3 is 2.10 bits per heavy atom. The number of primary sulfonamides is 1. The molecule has 2 N–H and O–H groups in total. The Hall–Kier alpha value is -0.740. The van der Waals surface area contributed by atoms with Crippen LogP contribution in [0.25, 0.3) is 0 Å². The van der Waals surface area contributed by atoms with E-state index < -0.39 is 19.9 Å². The van der Waals surface area contributed by atoms with Gasteiger partial charge in [-0.1, -0.05) is 28.1 Å². The van der Waals surface area contributed by atoms with Crippen molar-refractivity contribution in [2.45, 2.75) is 19.3 Å². The summed E-state index contributed by atoms with van der Waals surface area (Å²) in [5, 5.41) is 6.87. The van der Waals surface area contributed by atoms with E-state index in [2.05, 4.69) is 15.9 Å². The van der Waals surface area contributed by atoms with Gasteiger partial charge in [0.05, 0.1) is 9.79 Å². The lowest BCUT2D eigenvalue weighted by Gasteiger charge is -2.03. The Bertz CT molecular complexity index is 823. The molecule has 0 saturated carbocycles. The quantitative estimate of drug-likeness (QED) is 0.801. The zero-order valence-electron chi connectivity index (χ0n) is 9.98. The molecule has 108 valence electrons. The van der Waals surface area contributed by atoms with E-state index in [0.717, 1.165) is 23.0 Å². The molecule has 0 aliphatic heterocycles. The number of hydrogen-bond acceptors (Lipinski definition) is 5. The molecule has 0 unspecified atom stereocenters. The average molecular weight is 396 g/mol. The molecule has 0 fully saturated rings. The number of benzene rings is 1. The molecule has 5 nitrogen and oxygen atoms in total. The largest absolute Gasteiger partial charge is 0.247 e. The summed E-state index contributed by atoms with van der Waals surface area (Å²) in [6.07, 6.45) is 0. The van der Waals surface area contributed by atoms with E-state index in [1.807, 2.05) is 0 Å². The molecule has 1 heterocycles. The highest BCUT2D eigenvalue weighted by Crippen LogP contribution is 2.27. The zero-order chi connectivity index (χ0) is 15.0. The van der Waals surface area contributed by atoms with Crippen molar-refractivity contribution in [2.24, 2.45) is 5.14 Å². The number of rotatable bonds is 4. The van der Waals surface area contributed by atoms with E-state index in [1.165, 1.54) is 17.5 Å². The highest BCUT2D eigenvalue weighted by Gasteiger charge is 2.22. The van der Waals surface area contributed by atoms with Gasteiger partial charge < -0.3 is 0 Å². The second-order valence-corrected chi connectivity index (χ2v) is 9.14. The van der Waals surface area contributed by atoms with Crippen molar-refractivity contribution >= 4 is 47.1 Å². The van der Waals surface area contributed by atoms with Crippen LogP contribution < -0.4 is 5.14 Å². The fourth-order valence-corrected chi connectivity index (χ4v) is 5.17. The highest BCUT2D eigenvalue weighted by atomic mass is 79.9. The molecule has 0 aliphatic carbocycles. The van der Waals surface area contributed by atoms with Crippen molar-refractivity contribution in [1.29, 1.82) is 0 Å². The third-order valence-electron chi connectivity index (χ3n) is 2.53. The number of hydrogen-bond donors (Lipinski definition) is 1. The highest BCUT2D eigenvalue weighted by molar-refractivity contribution is 9.08. The van der Waals surface area contributed by atoms with E-state index >= 15 is 0 Å². The molecule has 0 spiro atoms. The van der Waals surface area contributed by atoms with Crippen LogP contribution in [0.3, 0.4) is 0 Å². The first-order valence-electron chi connectivity index (χ1n) is 5.26. The van der Waals surface area contributed by atoms with E-state index in [9.17, 15) is 16.8 Å². The first-order chi connectivity index (χ1) is 9.25. The Balaban J connectivity index is 2.46. The molecule has 0 atom stereocenters. The van der Waals surface area contributed by atoms with Crippen LogP contribution >= 0.6 is 27.3 Å². The number of sulfone groups is 1. The third kappa shape index (κ3) is 3.12. The summed E-state index contributed by atoms with van der Waals surface area (Å²) in [5.74, 6) is 0. The normalized spacial score (nSPS) is 12.5. The summed E-state index contributed by atoms with van der Waals surface area (Å²) in [5.41, 5.74) is 0.944. The fraction of sp³-hybridized carbons (Fsp3) is 0.0909. The van der Waals surface area contributed by atoms with Gasteiger partial charge in [-0.15, -0.1) is 11.3 Å². The summed E-state index contributed by atoms with van der Waals surface area (Å²) < 4.78 is 46.9. The van der Waals surface area contributed by atoms with Crippen LogP contribution in [0.5, 0.6) is 0 Å². The van der Waals surface area contributed by atoms with Gasteiger partial charge in [-0.05, 0) is 23.8 Å². The first kappa shape index (κ1) is 15.6. The van der Waals surface area contributed by atoms with E-state index in [-0.39, 0.29) is 14.0 Å². The van der Waals surface area contributed by atoms with Gasteiger partial charge in [0, 0.05) is 10.7 Å². The Kier molecular flexibility index (Phi) is 4.35. The van der Waals surface area contributed by atoms with Crippen molar-refractivity contribution in [2.75, 3.05) is 0 Å². The minimum atomic E-state index is -3.89. The van der Waals surface area contributed by atoms with Gasteiger partial charge in [0.2, 0.25) is 19.9 Å². The van der Waals surface area contributed by atoms with Crippen LogP contribution in [0.4, 0.5) is 0 Å². The summed E-state index contributed by atoms with van der Waals surface area (Å²) in [4.78, 5) is 0.0408. The molecule has 0 radical (unpaired) electrons. The van der Waals surface area contributed by atoms with Crippen molar-refractivity contribution in [3.8, 4) is 0 Å². The molecule has 0 aliphatic rings. The van der Waals surface area contributed by atoms with Crippen molar-refractivity contribution in [3.05, 3.63) is 41.3 Å². The van der Waals surface area contributed by atoms with E-state index in [0.29, 0.717) is 5.33 Å². The monoisotopic (exact) mass is 395 g/mol. The first-order valence-corrected chi connectivity index (χ1v) is 10.3. The molecule has 0 amide bonds. The number of nitrogens with two attached hydrogens (primary N) is 1. The van der Waals surface area contributed by atoms with E-state index in [4.69, 9.17) is 5.14 Å². The molecule has 0 saturated heterocycles. The lowest BCUT2D eigenvalue weighted by atomic mass is 10.2. The fourth-order valence-electron chi connectivity index (χ4n) is 1.48. The van der Waals surface area contributed by atoms with Gasteiger partial charge in [-0.25, -0.2) is 22.0 Å². The summed E-state index contributed by atoms with van der Waals surface area (Å²) in [6, 6.07) is 7.43. The molecular formula is C11H10BrNO4S3. The summed E-state index contributed by atoms with van der Waals surface area (Å²) >= 11 is 4.06. The van der Waals surface area contributed by atoms with Crippen molar-refractivity contribution in [3.63, 3.8) is 0 Å². The number of alkyl halides is 1. The van der Waals surface area contributed by atoms with Gasteiger partial charge in [-0.3, -0.25) is 0 Å². The Labute approximate surface area is 129 Å².